The third-order valence-electron chi connectivity index (χ3n) is 10.5. The van der Waals surface area contributed by atoms with Crippen molar-refractivity contribution in [3.8, 4) is 0 Å². The number of unbranched alkanes of at least 4 members (excludes halogenated alkanes) is 29. The van der Waals surface area contributed by atoms with Gasteiger partial charge in [-0.05, 0) is 38.5 Å². The zero-order valence-corrected chi connectivity index (χ0v) is 38.1. The summed E-state index contributed by atoms with van der Waals surface area (Å²) in [4.78, 5) is 46.0. The number of allylic oxidation sites excluding steroid dienone is 2. The quantitative estimate of drug-likeness (QED) is 0.0230. The average Bonchev–Trinajstić information content (AvgIpc) is 3.20. The molecule has 0 rings (SSSR count). The molecule has 0 aliphatic heterocycles. The molecular weight excluding hydrogens is 757 g/mol. The number of carbonyl (C=O) groups is 3. The first-order valence-electron chi connectivity index (χ1n) is 23.7. The fraction of sp³-hybridized carbons (Fsp3) is 0.891. The summed E-state index contributed by atoms with van der Waals surface area (Å²) in [5, 5.41) is 8.90. The van der Waals surface area contributed by atoms with Gasteiger partial charge in [0.1, 0.15) is 12.6 Å². The third-order valence-corrected chi connectivity index (χ3v) is 11.5. The smallest absolute Gasteiger partial charge is 0.472 e. The van der Waals surface area contributed by atoms with Crippen molar-refractivity contribution in [2.75, 3.05) is 19.8 Å². The van der Waals surface area contributed by atoms with Crippen LogP contribution in [0.1, 0.15) is 232 Å². The van der Waals surface area contributed by atoms with Gasteiger partial charge >= 0.3 is 25.7 Å². The second kappa shape index (κ2) is 41.9. The Morgan fingerprint density at radius 2 is 0.862 bits per heavy atom. The van der Waals surface area contributed by atoms with Crippen molar-refractivity contribution < 1.29 is 47.5 Å². The van der Waals surface area contributed by atoms with Crippen LogP contribution in [0.4, 0.5) is 0 Å². The van der Waals surface area contributed by atoms with Crippen LogP contribution in [0.15, 0.2) is 12.2 Å². The molecule has 0 aliphatic carbocycles. The Balaban J connectivity index is 4.26. The minimum absolute atomic E-state index is 0.155. The van der Waals surface area contributed by atoms with E-state index in [1.165, 1.54) is 135 Å². The highest BCUT2D eigenvalue weighted by atomic mass is 31.2. The van der Waals surface area contributed by atoms with Gasteiger partial charge in [0.25, 0.3) is 0 Å². The molecule has 342 valence electrons. The predicted octanol–water partition coefficient (Wildman–Crippen LogP) is 12.8. The van der Waals surface area contributed by atoms with Crippen LogP contribution in [0.25, 0.3) is 0 Å². The lowest BCUT2D eigenvalue weighted by atomic mass is 10.0. The third kappa shape index (κ3) is 41.0. The number of esters is 2. The molecular formula is C46H88NO10P. The van der Waals surface area contributed by atoms with Crippen LogP contribution < -0.4 is 5.73 Å². The second-order valence-electron chi connectivity index (χ2n) is 16.2. The number of hydrogen-bond donors (Lipinski definition) is 3. The van der Waals surface area contributed by atoms with Crippen molar-refractivity contribution in [1.82, 2.24) is 0 Å². The number of hydrogen-bond acceptors (Lipinski definition) is 9. The Kier molecular flexibility index (Phi) is 40.6. The summed E-state index contributed by atoms with van der Waals surface area (Å²) < 4.78 is 32.8. The van der Waals surface area contributed by atoms with Crippen molar-refractivity contribution >= 4 is 25.7 Å². The van der Waals surface area contributed by atoms with Gasteiger partial charge in [-0.2, -0.15) is 0 Å². The molecule has 0 amide bonds. The van der Waals surface area contributed by atoms with Crippen molar-refractivity contribution in [2.24, 2.45) is 5.73 Å². The number of carboxylic acid groups (broad SMARTS) is 1. The molecule has 3 unspecified atom stereocenters. The standard InChI is InChI=1S/C46H88NO10P/c1-3-5-7-9-11-13-15-17-19-20-21-22-24-25-27-29-31-33-35-37-44(48)54-39-42(40-55-58(52,53)56-41-43(47)46(50)51)57-45(49)38-36-34-32-30-28-26-23-18-16-14-12-10-8-6-4-2/h18,23,42-43H,3-17,19-22,24-41,47H2,1-2H3,(H,50,51)(H,52,53)/b23-18-. The SMILES string of the molecule is CCCCCCCC/C=C\CCCCCCCC(=O)OC(COC(=O)CCCCCCCCCCCCCCCCCCCCC)COP(=O)(O)OCC(N)C(=O)O. The Morgan fingerprint density at radius 1 is 0.517 bits per heavy atom. The first kappa shape index (κ1) is 56.2. The predicted molar refractivity (Wildman–Crippen MR) is 236 cm³/mol. The van der Waals surface area contributed by atoms with Crippen LogP contribution >= 0.6 is 7.82 Å². The van der Waals surface area contributed by atoms with Crippen LogP contribution in [0.5, 0.6) is 0 Å². The Morgan fingerprint density at radius 3 is 1.26 bits per heavy atom. The van der Waals surface area contributed by atoms with Gasteiger partial charge in [0, 0.05) is 12.8 Å². The molecule has 0 spiro atoms. The van der Waals surface area contributed by atoms with Crippen molar-refractivity contribution in [3.63, 3.8) is 0 Å². The molecule has 0 bridgehead atoms. The topological polar surface area (TPSA) is 172 Å². The molecule has 11 nitrogen and oxygen atoms in total. The van der Waals surface area contributed by atoms with E-state index in [0.717, 1.165) is 57.8 Å². The number of phosphoric ester groups is 1. The number of nitrogens with two attached hydrogens (primary N) is 1. The van der Waals surface area contributed by atoms with E-state index in [1.807, 2.05) is 0 Å². The molecule has 3 atom stereocenters. The lowest BCUT2D eigenvalue weighted by Crippen LogP contribution is -2.34. The van der Waals surface area contributed by atoms with Gasteiger partial charge in [-0.1, -0.05) is 193 Å². The number of carboxylic acids is 1. The largest absolute Gasteiger partial charge is 0.480 e. The van der Waals surface area contributed by atoms with Crippen LogP contribution in [0.2, 0.25) is 0 Å². The van der Waals surface area contributed by atoms with E-state index >= 15 is 0 Å². The molecule has 4 N–H and O–H groups in total. The van der Waals surface area contributed by atoms with E-state index in [2.05, 4.69) is 30.5 Å². The number of aliphatic carboxylic acids is 1. The summed E-state index contributed by atoms with van der Waals surface area (Å²) in [7, 11) is -4.71. The Hall–Kier alpha value is -1.78. The summed E-state index contributed by atoms with van der Waals surface area (Å²) in [6.45, 7) is 2.83. The highest BCUT2D eigenvalue weighted by molar-refractivity contribution is 7.47. The highest BCUT2D eigenvalue weighted by Gasteiger charge is 2.28. The number of phosphoric acid groups is 1. The van der Waals surface area contributed by atoms with Gasteiger partial charge in [0.15, 0.2) is 6.10 Å². The maximum atomic E-state index is 12.6. The van der Waals surface area contributed by atoms with E-state index < -0.39 is 51.1 Å². The molecule has 0 heterocycles. The molecule has 0 radical (unpaired) electrons. The monoisotopic (exact) mass is 846 g/mol. The van der Waals surface area contributed by atoms with Gasteiger partial charge in [-0.3, -0.25) is 23.4 Å². The average molecular weight is 846 g/mol. The minimum Gasteiger partial charge on any atom is -0.480 e. The maximum absolute atomic E-state index is 12.6. The van der Waals surface area contributed by atoms with Crippen molar-refractivity contribution in [2.45, 2.75) is 244 Å². The molecule has 0 aromatic carbocycles. The van der Waals surface area contributed by atoms with E-state index in [0.29, 0.717) is 12.8 Å². The zero-order valence-electron chi connectivity index (χ0n) is 37.2. The van der Waals surface area contributed by atoms with Gasteiger partial charge < -0.3 is 25.2 Å². The Labute approximate surface area is 354 Å². The number of carbonyl (C=O) groups excluding carboxylic acids is 2. The summed E-state index contributed by atoms with van der Waals surface area (Å²) in [5.41, 5.74) is 5.34. The van der Waals surface area contributed by atoms with Crippen LogP contribution in [0.3, 0.4) is 0 Å². The summed E-state index contributed by atoms with van der Waals surface area (Å²) >= 11 is 0. The molecule has 0 fully saturated rings. The van der Waals surface area contributed by atoms with E-state index in [9.17, 15) is 23.8 Å². The van der Waals surface area contributed by atoms with Gasteiger partial charge in [0.05, 0.1) is 13.2 Å². The fourth-order valence-electron chi connectivity index (χ4n) is 6.77. The number of rotatable bonds is 45. The highest BCUT2D eigenvalue weighted by Crippen LogP contribution is 2.43. The Bertz CT molecular complexity index is 1040. The van der Waals surface area contributed by atoms with Crippen molar-refractivity contribution in [3.05, 3.63) is 12.2 Å². The van der Waals surface area contributed by atoms with Gasteiger partial charge in [-0.25, -0.2) is 4.57 Å². The zero-order chi connectivity index (χ0) is 42.8. The van der Waals surface area contributed by atoms with E-state index in [4.69, 9.17) is 24.8 Å². The molecule has 0 aliphatic rings. The summed E-state index contributed by atoms with van der Waals surface area (Å²) in [6.07, 6.45) is 42.7. The molecule has 58 heavy (non-hydrogen) atoms. The molecule has 0 saturated carbocycles. The fourth-order valence-corrected chi connectivity index (χ4v) is 7.55. The summed E-state index contributed by atoms with van der Waals surface area (Å²) in [5.74, 6) is -2.37. The van der Waals surface area contributed by atoms with Gasteiger partial charge in [-0.15, -0.1) is 0 Å². The van der Waals surface area contributed by atoms with Crippen molar-refractivity contribution in [1.29, 1.82) is 0 Å². The molecule has 0 aromatic heterocycles. The van der Waals surface area contributed by atoms with E-state index in [-0.39, 0.29) is 19.4 Å². The van der Waals surface area contributed by atoms with Crippen LogP contribution in [0, 0.1) is 0 Å². The molecule has 0 aromatic rings. The first-order chi connectivity index (χ1) is 28.1. The van der Waals surface area contributed by atoms with Crippen LogP contribution in [-0.2, 0) is 37.5 Å². The first-order valence-corrected chi connectivity index (χ1v) is 25.2. The lowest BCUT2D eigenvalue weighted by molar-refractivity contribution is -0.161. The molecule has 12 heteroatoms. The lowest BCUT2D eigenvalue weighted by Gasteiger charge is -2.20. The van der Waals surface area contributed by atoms with Gasteiger partial charge in [0.2, 0.25) is 0 Å². The second-order valence-corrected chi connectivity index (χ2v) is 17.7. The number of ether oxygens (including phenoxy) is 2. The maximum Gasteiger partial charge on any atom is 0.472 e. The normalized spacial score (nSPS) is 13.7. The van der Waals surface area contributed by atoms with Crippen LogP contribution in [-0.4, -0.2) is 59.9 Å². The van der Waals surface area contributed by atoms with E-state index in [1.54, 1.807) is 0 Å². The minimum atomic E-state index is -4.71. The molecule has 0 saturated heterocycles. The summed E-state index contributed by atoms with van der Waals surface area (Å²) in [6, 6.07) is -1.52.